The molecule has 3 N–H and O–H groups in total. The normalized spacial score (nSPS) is 13.8. The smallest absolute Gasteiger partial charge is 0.260 e. The predicted molar refractivity (Wildman–Crippen MR) is 124 cm³/mol. The van der Waals surface area contributed by atoms with Crippen LogP contribution in [0.4, 0.5) is 5.13 Å². The van der Waals surface area contributed by atoms with Crippen LogP contribution in [0.25, 0.3) is 0 Å². The first kappa shape index (κ1) is 23.8. The highest BCUT2D eigenvalue weighted by molar-refractivity contribution is 8.01. The number of hydrogen-bond donors (Lipinski definition) is 2. The quantitative estimate of drug-likeness (QED) is 0.302. The number of nitrogens with one attached hydrogen (secondary N) is 1. The van der Waals surface area contributed by atoms with E-state index in [4.69, 9.17) is 15.2 Å². The number of nitrogens with two attached hydrogens (primary N) is 1. The summed E-state index contributed by atoms with van der Waals surface area (Å²) >= 11 is 2.46. The Bertz CT molecular complexity index is 946. The van der Waals surface area contributed by atoms with Gasteiger partial charge in [0.2, 0.25) is 5.13 Å². The number of nitrogens with zero attached hydrogens (tertiary/aromatic N) is 4. The minimum Gasteiger partial charge on any atom is -0.490 e. The highest BCUT2D eigenvalue weighted by Gasteiger charge is 2.17. The average molecular weight is 479 g/mol. The van der Waals surface area contributed by atoms with E-state index in [1.807, 2.05) is 11.8 Å². The molecule has 1 aliphatic heterocycles. The molecule has 32 heavy (non-hydrogen) atoms. The van der Waals surface area contributed by atoms with Crippen LogP contribution in [0.3, 0.4) is 0 Å². The van der Waals surface area contributed by atoms with Gasteiger partial charge in [0.15, 0.2) is 22.4 Å². The van der Waals surface area contributed by atoms with Gasteiger partial charge in [-0.3, -0.25) is 9.59 Å². The molecule has 10 nitrogen and oxygen atoms in total. The Balaban J connectivity index is 1.51. The molecule has 1 fully saturated rings. The van der Waals surface area contributed by atoms with Crippen molar-refractivity contribution in [2.24, 2.45) is 5.10 Å². The molecular weight excluding hydrogens is 452 g/mol. The van der Waals surface area contributed by atoms with E-state index in [1.165, 1.54) is 35.7 Å². The second-order valence-corrected chi connectivity index (χ2v) is 9.09. The lowest BCUT2D eigenvalue weighted by atomic mass is 10.1. The van der Waals surface area contributed by atoms with Crippen molar-refractivity contribution in [1.29, 1.82) is 0 Å². The van der Waals surface area contributed by atoms with Crippen LogP contribution < -0.4 is 20.6 Å². The lowest BCUT2D eigenvalue weighted by Gasteiger charge is -2.26. The Labute approximate surface area is 194 Å². The van der Waals surface area contributed by atoms with Crippen LogP contribution in [0.5, 0.6) is 11.5 Å². The number of piperidine rings is 1. The fraction of sp³-hybridized carbons (Fsp3) is 0.450. The van der Waals surface area contributed by atoms with E-state index >= 15 is 0 Å². The van der Waals surface area contributed by atoms with E-state index < -0.39 is 0 Å². The maximum absolute atomic E-state index is 12.3. The van der Waals surface area contributed by atoms with Gasteiger partial charge in [-0.25, -0.2) is 5.43 Å². The summed E-state index contributed by atoms with van der Waals surface area (Å²) in [6, 6.07) is 5.25. The van der Waals surface area contributed by atoms with Crippen molar-refractivity contribution in [3.05, 3.63) is 23.8 Å². The molecule has 1 aromatic carbocycles. The topological polar surface area (TPSA) is 132 Å². The van der Waals surface area contributed by atoms with Crippen molar-refractivity contribution in [3.8, 4) is 11.5 Å². The van der Waals surface area contributed by atoms with Crippen LogP contribution in [-0.2, 0) is 9.59 Å². The number of nitrogen functional groups attached to an aromatic ring is 1. The molecule has 3 rings (SSSR count). The van der Waals surface area contributed by atoms with Crippen molar-refractivity contribution in [3.63, 3.8) is 0 Å². The van der Waals surface area contributed by atoms with Gasteiger partial charge >= 0.3 is 0 Å². The van der Waals surface area contributed by atoms with Gasteiger partial charge in [0.05, 0.1) is 18.6 Å². The zero-order valence-electron chi connectivity index (χ0n) is 17.8. The lowest BCUT2D eigenvalue weighted by Crippen LogP contribution is -2.38. The molecule has 0 aliphatic carbocycles. The minimum absolute atomic E-state index is 0.0189. The summed E-state index contributed by atoms with van der Waals surface area (Å²) in [5, 5.41) is 11.9. The number of hydrogen-bond acceptors (Lipinski definition) is 10. The average Bonchev–Trinajstić information content (AvgIpc) is 3.23. The Morgan fingerprint density at radius 2 is 2.06 bits per heavy atom. The number of hydrazone groups is 1. The Morgan fingerprint density at radius 1 is 1.25 bits per heavy atom. The molecule has 0 spiro atoms. The van der Waals surface area contributed by atoms with Crippen molar-refractivity contribution in [2.45, 2.75) is 30.5 Å². The third-order valence-corrected chi connectivity index (χ3v) is 6.36. The number of carbonyl (C=O) groups excluding carboxylic acids is 2. The molecule has 1 aromatic heterocycles. The Hall–Kier alpha value is -2.86. The zero-order valence-corrected chi connectivity index (χ0v) is 19.4. The number of aromatic nitrogens is 2. The fourth-order valence-corrected chi connectivity index (χ4v) is 4.41. The van der Waals surface area contributed by atoms with Crippen LogP contribution >= 0.6 is 23.1 Å². The Morgan fingerprint density at radius 3 is 2.78 bits per heavy atom. The molecule has 0 bridgehead atoms. The maximum atomic E-state index is 12.3. The van der Waals surface area contributed by atoms with Crippen molar-refractivity contribution in [2.75, 3.05) is 37.8 Å². The number of rotatable bonds is 10. The van der Waals surface area contributed by atoms with Crippen molar-refractivity contribution >= 4 is 46.3 Å². The predicted octanol–water partition coefficient (Wildman–Crippen LogP) is 2.15. The van der Waals surface area contributed by atoms with Crippen LogP contribution in [0, 0.1) is 0 Å². The minimum atomic E-state index is -0.277. The number of carbonyl (C=O) groups is 2. The summed E-state index contributed by atoms with van der Waals surface area (Å²) in [4.78, 5) is 26.1. The van der Waals surface area contributed by atoms with Gasteiger partial charge in [0, 0.05) is 13.1 Å². The van der Waals surface area contributed by atoms with Gasteiger partial charge in [0.1, 0.15) is 0 Å². The van der Waals surface area contributed by atoms with Gasteiger partial charge in [0.25, 0.3) is 11.8 Å². The monoisotopic (exact) mass is 478 g/mol. The summed E-state index contributed by atoms with van der Waals surface area (Å²) in [5.74, 6) is 0.856. The number of thioether (sulfide) groups is 1. The summed E-state index contributed by atoms with van der Waals surface area (Å²) < 4.78 is 12.0. The van der Waals surface area contributed by atoms with Gasteiger partial charge in [-0.15, -0.1) is 10.2 Å². The molecule has 0 saturated carbocycles. The second kappa shape index (κ2) is 12.2. The molecule has 2 amide bonds. The summed E-state index contributed by atoms with van der Waals surface area (Å²) in [5.41, 5.74) is 8.69. The molecule has 12 heteroatoms. The van der Waals surface area contributed by atoms with E-state index in [1.54, 1.807) is 18.2 Å². The van der Waals surface area contributed by atoms with E-state index in [0.29, 0.717) is 33.1 Å². The molecule has 2 aromatic rings. The van der Waals surface area contributed by atoms with Gasteiger partial charge in [-0.05, 0) is 49.9 Å². The van der Waals surface area contributed by atoms with Crippen LogP contribution in [0.15, 0.2) is 27.6 Å². The van der Waals surface area contributed by atoms with E-state index in [0.717, 1.165) is 25.9 Å². The van der Waals surface area contributed by atoms with E-state index in [-0.39, 0.29) is 24.2 Å². The summed E-state index contributed by atoms with van der Waals surface area (Å²) in [6.45, 7) is 3.86. The van der Waals surface area contributed by atoms with Crippen molar-refractivity contribution in [1.82, 2.24) is 20.5 Å². The number of likely N-dealkylation sites (tertiary alicyclic amines) is 1. The van der Waals surface area contributed by atoms with Crippen LogP contribution in [0.1, 0.15) is 31.7 Å². The standard InChI is InChI=1S/C20H26N6O4S2/c1-2-29-16-10-14(11-22-23-17(27)13-31-20-25-24-19(21)32-20)6-7-15(16)30-12-18(28)26-8-4-3-5-9-26/h6-7,10-11H,2-5,8-9,12-13H2,1H3,(H2,21,24)(H,23,27). The molecule has 2 heterocycles. The third-order valence-electron chi connectivity index (χ3n) is 4.48. The van der Waals surface area contributed by atoms with Gasteiger partial charge < -0.3 is 20.1 Å². The summed E-state index contributed by atoms with van der Waals surface area (Å²) in [7, 11) is 0. The van der Waals surface area contributed by atoms with E-state index in [2.05, 4.69) is 20.7 Å². The first-order chi connectivity index (χ1) is 15.5. The Kier molecular flexibility index (Phi) is 9.11. The van der Waals surface area contributed by atoms with Crippen LogP contribution in [0.2, 0.25) is 0 Å². The lowest BCUT2D eigenvalue weighted by molar-refractivity contribution is -0.134. The first-order valence-electron chi connectivity index (χ1n) is 10.3. The van der Waals surface area contributed by atoms with E-state index in [9.17, 15) is 9.59 Å². The fourth-order valence-electron chi connectivity index (χ4n) is 2.98. The highest BCUT2D eigenvalue weighted by Crippen LogP contribution is 2.28. The molecule has 172 valence electrons. The zero-order chi connectivity index (χ0) is 22.8. The van der Waals surface area contributed by atoms with Gasteiger partial charge in [-0.1, -0.05) is 23.1 Å². The maximum Gasteiger partial charge on any atom is 0.260 e. The first-order valence-corrected chi connectivity index (χ1v) is 12.1. The second-order valence-electron chi connectivity index (χ2n) is 6.86. The molecule has 1 aliphatic rings. The number of ether oxygens (including phenoxy) is 2. The highest BCUT2D eigenvalue weighted by atomic mass is 32.2. The van der Waals surface area contributed by atoms with Gasteiger partial charge in [-0.2, -0.15) is 5.10 Å². The molecular formula is C20H26N6O4S2. The largest absolute Gasteiger partial charge is 0.490 e. The number of amides is 2. The molecule has 0 atom stereocenters. The molecule has 0 radical (unpaired) electrons. The third kappa shape index (κ3) is 7.38. The number of anilines is 1. The molecule has 1 saturated heterocycles. The van der Waals surface area contributed by atoms with Crippen LogP contribution in [-0.4, -0.2) is 65.2 Å². The van der Waals surface area contributed by atoms with Crippen molar-refractivity contribution < 1.29 is 19.1 Å². The SMILES string of the molecule is CCOc1cc(C=NNC(=O)CSc2nnc(N)s2)ccc1OCC(=O)N1CCCCC1. The summed E-state index contributed by atoms with van der Waals surface area (Å²) in [6.07, 6.45) is 4.75. The molecule has 0 unspecified atom stereocenters. The number of benzene rings is 1.